The number of pyridine rings is 1. The molecule has 1 rings (SSSR count). The van der Waals surface area contributed by atoms with Crippen LogP contribution in [0.15, 0.2) is 18.3 Å². The highest BCUT2D eigenvalue weighted by Gasteiger charge is 2.15. The highest BCUT2D eigenvalue weighted by atomic mass is 16.5. The number of ether oxygens (including phenoxy) is 1. The fourth-order valence-corrected chi connectivity index (χ4v) is 1.15. The Morgan fingerprint density at radius 3 is 2.85 bits per heavy atom. The fourth-order valence-electron chi connectivity index (χ4n) is 1.15. The maximum atomic E-state index is 11.2. The Kier molecular flexibility index (Phi) is 3.01. The molecule has 0 aliphatic carbocycles. The minimum Gasteiger partial charge on any atom is -0.469 e. The summed E-state index contributed by atoms with van der Waals surface area (Å²) in [7, 11) is 1.40. The Morgan fingerprint density at radius 2 is 2.31 bits per heavy atom. The average Bonchev–Trinajstić information content (AvgIpc) is 2.15. The Hall–Kier alpha value is -1.38. The molecule has 1 aromatic rings. The Morgan fingerprint density at radius 1 is 1.62 bits per heavy atom. The van der Waals surface area contributed by atoms with Gasteiger partial charge in [-0.15, -0.1) is 0 Å². The van der Waals surface area contributed by atoms with E-state index in [0.29, 0.717) is 0 Å². The molecule has 3 nitrogen and oxygen atoms in total. The van der Waals surface area contributed by atoms with Crippen LogP contribution in [0, 0.1) is 6.92 Å². The number of aromatic nitrogens is 1. The molecule has 0 fully saturated rings. The van der Waals surface area contributed by atoms with Crippen molar-refractivity contribution in [3.8, 4) is 0 Å². The van der Waals surface area contributed by atoms with Crippen LogP contribution in [0.5, 0.6) is 0 Å². The van der Waals surface area contributed by atoms with Crippen molar-refractivity contribution < 1.29 is 9.53 Å². The minimum absolute atomic E-state index is 0.216. The Labute approximate surface area is 77.8 Å². The van der Waals surface area contributed by atoms with Crippen LogP contribution in [0.4, 0.5) is 0 Å². The van der Waals surface area contributed by atoms with Crippen molar-refractivity contribution in [2.45, 2.75) is 19.8 Å². The van der Waals surface area contributed by atoms with Crippen molar-refractivity contribution in [3.63, 3.8) is 0 Å². The zero-order valence-electron chi connectivity index (χ0n) is 8.07. The number of hydrogen-bond donors (Lipinski definition) is 0. The summed E-state index contributed by atoms with van der Waals surface area (Å²) < 4.78 is 4.65. The van der Waals surface area contributed by atoms with Gasteiger partial charge in [-0.05, 0) is 31.5 Å². The van der Waals surface area contributed by atoms with Crippen LogP contribution in [-0.4, -0.2) is 18.1 Å². The van der Waals surface area contributed by atoms with Gasteiger partial charge in [-0.2, -0.15) is 0 Å². The Balaban J connectivity index is 2.88. The number of carbonyl (C=O) groups excluding carboxylic acids is 1. The smallest absolute Gasteiger partial charge is 0.312 e. The molecule has 0 bridgehead atoms. The van der Waals surface area contributed by atoms with Crippen LogP contribution in [0.3, 0.4) is 0 Å². The second kappa shape index (κ2) is 4.03. The monoisotopic (exact) mass is 179 g/mol. The summed E-state index contributed by atoms with van der Waals surface area (Å²) in [6.07, 6.45) is 1.70. The molecule has 0 aliphatic heterocycles. The predicted molar refractivity (Wildman–Crippen MR) is 49.4 cm³/mol. The molecule has 70 valence electrons. The second-order valence-corrected chi connectivity index (χ2v) is 2.98. The van der Waals surface area contributed by atoms with Crippen molar-refractivity contribution in [1.82, 2.24) is 4.98 Å². The summed E-state index contributed by atoms with van der Waals surface area (Å²) in [4.78, 5) is 15.2. The van der Waals surface area contributed by atoms with Gasteiger partial charge in [0.2, 0.25) is 0 Å². The van der Waals surface area contributed by atoms with Crippen molar-refractivity contribution in [1.29, 1.82) is 0 Å². The van der Waals surface area contributed by atoms with E-state index in [1.807, 2.05) is 26.0 Å². The quantitative estimate of drug-likeness (QED) is 0.648. The van der Waals surface area contributed by atoms with E-state index in [4.69, 9.17) is 0 Å². The van der Waals surface area contributed by atoms with Gasteiger partial charge >= 0.3 is 5.97 Å². The molecule has 0 radical (unpaired) electrons. The number of nitrogens with zero attached hydrogens (tertiary/aromatic N) is 1. The summed E-state index contributed by atoms with van der Waals surface area (Å²) in [5.41, 5.74) is 1.85. The van der Waals surface area contributed by atoms with E-state index in [1.54, 1.807) is 6.20 Å². The van der Waals surface area contributed by atoms with Crippen molar-refractivity contribution >= 4 is 5.97 Å². The summed E-state index contributed by atoms with van der Waals surface area (Å²) in [6, 6.07) is 3.72. The standard InChI is InChI=1S/C10H13NO2/c1-7-6-9(4-5-11-7)8(2)10(12)13-3/h4-6,8H,1-3H3. The van der Waals surface area contributed by atoms with E-state index in [-0.39, 0.29) is 11.9 Å². The number of esters is 1. The molecule has 0 aliphatic rings. The number of hydrogen-bond acceptors (Lipinski definition) is 3. The second-order valence-electron chi connectivity index (χ2n) is 2.98. The fraction of sp³-hybridized carbons (Fsp3) is 0.400. The van der Waals surface area contributed by atoms with Gasteiger partial charge in [-0.1, -0.05) is 0 Å². The van der Waals surface area contributed by atoms with Crippen molar-refractivity contribution in [2.24, 2.45) is 0 Å². The summed E-state index contributed by atoms with van der Waals surface area (Å²) >= 11 is 0. The molecular formula is C10H13NO2. The normalized spacial score (nSPS) is 12.2. The van der Waals surface area contributed by atoms with Gasteiger partial charge in [-0.25, -0.2) is 0 Å². The van der Waals surface area contributed by atoms with Crippen molar-refractivity contribution in [3.05, 3.63) is 29.6 Å². The number of rotatable bonds is 2. The lowest BCUT2D eigenvalue weighted by molar-refractivity contribution is -0.141. The topological polar surface area (TPSA) is 39.2 Å². The molecule has 1 heterocycles. The first-order valence-electron chi connectivity index (χ1n) is 4.15. The molecule has 0 N–H and O–H groups in total. The lowest BCUT2D eigenvalue weighted by Gasteiger charge is -2.08. The molecule has 0 aromatic carbocycles. The maximum Gasteiger partial charge on any atom is 0.312 e. The van der Waals surface area contributed by atoms with Gasteiger partial charge in [0.05, 0.1) is 13.0 Å². The molecule has 0 spiro atoms. The van der Waals surface area contributed by atoms with Crippen LogP contribution < -0.4 is 0 Å². The van der Waals surface area contributed by atoms with Crippen LogP contribution in [0.1, 0.15) is 24.1 Å². The third kappa shape index (κ3) is 2.28. The minimum atomic E-state index is -0.217. The number of carbonyl (C=O) groups is 1. The molecule has 0 amide bonds. The van der Waals surface area contributed by atoms with Crippen molar-refractivity contribution in [2.75, 3.05) is 7.11 Å². The van der Waals surface area contributed by atoms with E-state index in [1.165, 1.54) is 7.11 Å². The summed E-state index contributed by atoms with van der Waals surface area (Å²) in [5, 5.41) is 0. The van der Waals surface area contributed by atoms with E-state index in [9.17, 15) is 4.79 Å². The zero-order valence-corrected chi connectivity index (χ0v) is 8.07. The first kappa shape index (κ1) is 9.71. The van der Waals surface area contributed by atoms with Gasteiger partial charge in [0, 0.05) is 11.9 Å². The third-order valence-corrected chi connectivity index (χ3v) is 1.98. The van der Waals surface area contributed by atoms with Gasteiger partial charge < -0.3 is 4.74 Å². The number of methoxy groups -OCH3 is 1. The Bertz CT molecular complexity index is 310. The SMILES string of the molecule is COC(=O)C(C)c1ccnc(C)c1. The van der Waals surface area contributed by atoms with Crippen LogP contribution >= 0.6 is 0 Å². The lowest BCUT2D eigenvalue weighted by Crippen LogP contribution is -2.10. The molecular weight excluding hydrogens is 166 g/mol. The maximum absolute atomic E-state index is 11.2. The molecule has 13 heavy (non-hydrogen) atoms. The average molecular weight is 179 g/mol. The molecule has 1 aromatic heterocycles. The first-order chi connectivity index (χ1) is 6.15. The van der Waals surface area contributed by atoms with Crippen LogP contribution in [0.2, 0.25) is 0 Å². The molecule has 1 atom stereocenters. The van der Waals surface area contributed by atoms with E-state index >= 15 is 0 Å². The van der Waals surface area contributed by atoms with E-state index < -0.39 is 0 Å². The predicted octanol–water partition coefficient (Wildman–Crippen LogP) is 1.67. The number of aryl methyl sites for hydroxylation is 1. The molecule has 0 saturated carbocycles. The highest BCUT2D eigenvalue weighted by molar-refractivity contribution is 5.77. The molecule has 0 saturated heterocycles. The van der Waals surface area contributed by atoms with Gasteiger partial charge in [0.25, 0.3) is 0 Å². The zero-order chi connectivity index (χ0) is 9.84. The molecule has 1 unspecified atom stereocenters. The highest BCUT2D eigenvalue weighted by Crippen LogP contribution is 2.16. The summed E-state index contributed by atoms with van der Waals surface area (Å²) in [6.45, 7) is 3.72. The first-order valence-corrected chi connectivity index (χ1v) is 4.15. The summed E-state index contributed by atoms with van der Waals surface area (Å²) in [5.74, 6) is -0.433. The lowest BCUT2D eigenvalue weighted by atomic mass is 10.0. The van der Waals surface area contributed by atoms with Gasteiger partial charge in [0.1, 0.15) is 0 Å². The van der Waals surface area contributed by atoms with E-state index in [0.717, 1.165) is 11.3 Å². The van der Waals surface area contributed by atoms with Crippen LogP contribution in [-0.2, 0) is 9.53 Å². The van der Waals surface area contributed by atoms with Gasteiger partial charge in [0.15, 0.2) is 0 Å². The molecule has 3 heteroatoms. The van der Waals surface area contributed by atoms with Gasteiger partial charge in [-0.3, -0.25) is 9.78 Å². The third-order valence-electron chi connectivity index (χ3n) is 1.98. The van der Waals surface area contributed by atoms with Crippen LogP contribution in [0.25, 0.3) is 0 Å². The largest absolute Gasteiger partial charge is 0.469 e. The van der Waals surface area contributed by atoms with E-state index in [2.05, 4.69) is 9.72 Å².